The number of likely N-dealkylation sites (N-methyl/N-ethyl adjacent to an activating group) is 1. The topological polar surface area (TPSA) is 59.2 Å². The molecule has 0 aromatic carbocycles. The first-order valence-corrected chi connectivity index (χ1v) is 4.92. The van der Waals surface area contributed by atoms with Gasteiger partial charge in [-0.2, -0.15) is 0 Å². The molecular weight excluding hydrogens is 246 g/mol. The second-order valence-electron chi connectivity index (χ2n) is 3.06. The molecular formula is C9H12BrN3O. The molecule has 76 valence electrons. The summed E-state index contributed by atoms with van der Waals surface area (Å²) in [4.78, 5) is 16.7. The molecule has 0 saturated carbocycles. The number of primary amides is 1. The van der Waals surface area contributed by atoms with Gasteiger partial charge in [-0.25, -0.2) is 4.98 Å². The molecule has 0 fully saturated rings. The van der Waals surface area contributed by atoms with Gasteiger partial charge in [0.25, 0.3) is 0 Å². The molecule has 0 bridgehead atoms. The van der Waals surface area contributed by atoms with Crippen LogP contribution in [0.25, 0.3) is 0 Å². The molecule has 1 rings (SSSR count). The first-order chi connectivity index (χ1) is 6.50. The highest BCUT2D eigenvalue weighted by atomic mass is 79.9. The van der Waals surface area contributed by atoms with E-state index >= 15 is 0 Å². The maximum atomic E-state index is 10.7. The summed E-state index contributed by atoms with van der Waals surface area (Å²) < 4.78 is 0.953. The highest BCUT2D eigenvalue weighted by Gasteiger charge is 2.06. The largest absolute Gasteiger partial charge is 0.368 e. The Kier molecular flexibility index (Phi) is 3.46. The van der Waals surface area contributed by atoms with Gasteiger partial charge in [0.15, 0.2) is 0 Å². The number of halogens is 1. The van der Waals surface area contributed by atoms with Crippen molar-refractivity contribution in [3.8, 4) is 0 Å². The summed E-state index contributed by atoms with van der Waals surface area (Å²) in [5.74, 6) is 0.374. The van der Waals surface area contributed by atoms with Gasteiger partial charge < -0.3 is 10.6 Å². The van der Waals surface area contributed by atoms with E-state index in [0.717, 1.165) is 16.0 Å². The van der Waals surface area contributed by atoms with E-state index in [9.17, 15) is 4.79 Å². The minimum Gasteiger partial charge on any atom is -0.368 e. The fourth-order valence-electron chi connectivity index (χ4n) is 1.06. The van der Waals surface area contributed by atoms with Gasteiger partial charge in [-0.05, 0) is 35.0 Å². The maximum Gasteiger partial charge on any atom is 0.236 e. The maximum absolute atomic E-state index is 10.7. The SMILES string of the molecule is Cc1nc(N(C)CC(N)=O)ccc1Br. The molecule has 5 heteroatoms. The Hall–Kier alpha value is -1.10. The highest BCUT2D eigenvalue weighted by molar-refractivity contribution is 9.10. The Balaban J connectivity index is 2.85. The molecule has 1 aromatic heterocycles. The molecule has 0 unspecified atom stereocenters. The first-order valence-electron chi connectivity index (χ1n) is 4.13. The van der Waals surface area contributed by atoms with E-state index < -0.39 is 0 Å². The summed E-state index contributed by atoms with van der Waals surface area (Å²) in [5, 5.41) is 0. The minimum absolute atomic E-state index is 0.175. The molecule has 0 aliphatic rings. The van der Waals surface area contributed by atoms with Gasteiger partial charge >= 0.3 is 0 Å². The molecule has 0 saturated heterocycles. The van der Waals surface area contributed by atoms with Crippen LogP contribution in [0.4, 0.5) is 5.82 Å². The van der Waals surface area contributed by atoms with Gasteiger partial charge in [0.05, 0.1) is 12.2 Å². The third kappa shape index (κ3) is 2.70. The van der Waals surface area contributed by atoms with Gasteiger partial charge in [-0.3, -0.25) is 4.79 Å². The van der Waals surface area contributed by atoms with Gasteiger partial charge in [0.1, 0.15) is 5.82 Å². The number of carbonyl (C=O) groups is 1. The lowest BCUT2D eigenvalue weighted by Gasteiger charge is -2.16. The molecule has 0 aliphatic carbocycles. The summed E-state index contributed by atoms with van der Waals surface area (Å²) in [6, 6.07) is 3.73. The van der Waals surface area contributed by atoms with Crippen LogP contribution in [-0.4, -0.2) is 24.5 Å². The fraction of sp³-hybridized carbons (Fsp3) is 0.333. The van der Waals surface area contributed by atoms with Crippen LogP contribution in [0.3, 0.4) is 0 Å². The Labute approximate surface area is 91.2 Å². The number of anilines is 1. The standard InChI is InChI=1S/C9H12BrN3O/c1-6-7(10)3-4-9(12-6)13(2)5-8(11)14/h3-4H,5H2,1-2H3,(H2,11,14). The van der Waals surface area contributed by atoms with Gasteiger partial charge in [0.2, 0.25) is 5.91 Å². The normalized spacial score (nSPS) is 9.93. The average molecular weight is 258 g/mol. The van der Waals surface area contributed by atoms with Crippen molar-refractivity contribution in [2.24, 2.45) is 5.73 Å². The van der Waals surface area contributed by atoms with Crippen molar-refractivity contribution in [1.82, 2.24) is 4.98 Å². The van der Waals surface area contributed by atoms with Crippen LogP contribution in [0.5, 0.6) is 0 Å². The highest BCUT2D eigenvalue weighted by Crippen LogP contribution is 2.17. The Morgan fingerprint density at radius 1 is 1.64 bits per heavy atom. The molecule has 1 heterocycles. The van der Waals surface area contributed by atoms with Gasteiger partial charge in [-0.15, -0.1) is 0 Å². The molecule has 1 amide bonds. The summed E-state index contributed by atoms with van der Waals surface area (Å²) in [5.41, 5.74) is 5.97. The van der Waals surface area contributed by atoms with Crippen molar-refractivity contribution < 1.29 is 4.79 Å². The van der Waals surface area contributed by atoms with Crippen LogP contribution in [0.15, 0.2) is 16.6 Å². The molecule has 4 nitrogen and oxygen atoms in total. The summed E-state index contributed by atoms with van der Waals surface area (Å²) >= 11 is 3.36. The number of aromatic nitrogens is 1. The van der Waals surface area contributed by atoms with Crippen LogP contribution in [-0.2, 0) is 4.79 Å². The third-order valence-corrected chi connectivity index (χ3v) is 2.63. The number of hydrogen-bond donors (Lipinski definition) is 1. The van der Waals surface area contributed by atoms with E-state index in [0.29, 0.717) is 0 Å². The number of amides is 1. The molecule has 0 atom stereocenters. The smallest absolute Gasteiger partial charge is 0.236 e. The minimum atomic E-state index is -0.366. The number of nitrogens with zero attached hydrogens (tertiary/aromatic N) is 2. The lowest BCUT2D eigenvalue weighted by Crippen LogP contribution is -2.31. The summed E-state index contributed by atoms with van der Waals surface area (Å²) in [6.45, 7) is 2.07. The van der Waals surface area contributed by atoms with Crippen molar-refractivity contribution >= 4 is 27.7 Å². The number of nitrogens with two attached hydrogens (primary N) is 1. The van der Waals surface area contributed by atoms with E-state index in [1.165, 1.54) is 0 Å². The van der Waals surface area contributed by atoms with Crippen LogP contribution in [0.1, 0.15) is 5.69 Å². The van der Waals surface area contributed by atoms with Gasteiger partial charge in [0, 0.05) is 11.5 Å². The van der Waals surface area contributed by atoms with E-state index in [2.05, 4.69) is 20.9 Å². The average Bonchev–Trinajstić information content (AvgIpc) is 2.08. The molecule has 0 radical (unpaired) electrons. The molecule has 14 heavy (non-hydrogen) atoms. The molecule has 1 aromatic rings. The van der Waals surface area contributed by atoms with Crippen LogP contribution in [0, 0.1) is 6.92 Å². The van der Waals surface area contributed by atoms with E-state index in [1.54, 1.807) is 11.9 Å². The zero-order chi connectivity index (χ0) is 10.7. The third-order valence-electron chi connectivity index (χ3n) is 1.79. The number of rotatable bonds is 3. The quantitative estimate of drug-likeness (QED) is 0.882. The summed E-state index contributed by atoms with van der Waals surface area (Å²) in [7, 11) is 1.78. The Bertz CT molecular complexity index is 354. The van der Waals surface area contributed by atoms with Crippen molar-refractivity contribution in [2.45, 2.75) is 6.92 Å². The predicted octanol–water partition coefficient (Wildman–Crippen LogP) is 1.07. The van der Waals surface area contributed by atoms with Crippen molar-refractivity contribution in [3.05, 3.63) is 22.3 Å². The molecule has 2 N–H and O–H groups in total. The predicted molar refractivity (Wildman–Crippen MR) is 59.1 cm³/mol. The fourth-order valence-corrected chi connectivity index (χ4v) is 1.28. The Morgan fingerprint density at radius 3 is 2.79 bits per heavy atom. The van der Waals surface area contributed by atoms with Gasteiger partial charge in [-0.1, -0.05) is 0 Å². The number of carbonyl (C=O) groups excluding carboxylic acids is 1. The zero-order valence-corrected chi connectivity index (χ0v) is 9.71. The molecule has 0 aliphatic heterocycles. The Morgan fingerprint density at radius 2 is 2.29 bits per heavy atom. The van der Waals surface area contributed by atoms with E-state index in [-0.39, 0.29) is 12.5 Å². The van der Waals surface area contributed by atoms with E-state index in [1.807, 2.05) is 19.1 Å². The van der Waals surface area contributed by atoms with Crippen LogP contribution >= 0.6 is 15.9 Å². The van der Waals surface area contributed by atoms with Crippen molar-refractivity contribution in [2.75, 3.05) is 18.5 Å². The van der Waals surface area contributed by atoms with Crippen molar-refractivity contribution in [1.29, 1.82) is 0 Å². The van der Waals surface area contributed by atoms with E-state index in [4.69, 9.17) is 5.73 Å². The van der Waals surface area contributed by atoms with Crippen LogP contribution < -0.4 is 10.6 Å². The first kappa shape index (κ1) is 11.0. The number of hydrogen-bond acceptors (Lipinski definition) is 3. The summed E-state index contributed by atoms with van der Waals surface area (Å²) in [6.07, 6.45) is 0. The number of pyridine rings is 1. The molecule has 0 spiro atoms. The van der Waals surface area contributed by atoms with Crippen molar-refractivity contribution in [3.63, 3.8) is 0 Å². The van der Waals surface area contributed by atoms with Crippen LogP contribution in [0.2, 0.25) is 0 Å². The zero-order valence-electron chi connectivity index (χ0n) is 8.12. The lowest BCUT2D eigenvalue weighted by molar-refractivity contribution is -0.116. The second-order valence-corrected chi connectivity index (χ2v) is 3.91. The number of aryl methyl sites for hydroxylation is 1. The monoisotopic (exact) mass is 257 g/mol. The second kappa shape index (κ2) is 4.41. The lowest BCUT2D eigenvalue weighted by atomic mass is 10.3.